The number of methoxy groups -OCH3 is 1. The van der Waals surface area contributed by atoms with E-state index >= 15 is 0 Å². The van der Waals surface area contributed by atoms with Gasteiger partial charge in [-0.15, -0.1) is 0 Å². The maximum atomic E-state index is 12.5. The molecule has 140 valence electrons. The molecule has 0 aromatic heterocycles. The van der Waals surface area contributed by atoms with Gasteiger partial charge in [0.15, 0.2) is 0 Å². The van der Waals surface area contributed by atoms with E-state index in [4.69, 9.17) is 4.74 Å². The molecule has 6 nitrogen and oxygen atoms in total. The lowest BCUT2D eigenvalue weighted by molar-refractivity contribution is 0.102. The molecule has 0 saturated heterocycles. The first-order chi connectivity index (χ1) is 12.4. The van der Waals surface area contributed by atoms with Gasteiger partial charge in [-0.1, -0.05) is 13.3 Å². The van der Waals surface area contributed by atoms with Crippen molar-refractivity contribution < 1.29 is 17.9 Å². The van der Waals surface area contributed by atoms with Crippen LogP contribution in [0, 0.1) is 0 Å². The molecule has 1 N–H and O–H groups in total. The lowest BCUT2D eigenvalue weighted by Crippen LogP contribution is -2.27. The van der Waals surface area contributed by atoms with E-state index in [-0.39, 0.29) is 10.8 Å². The van der Waals surface area contributed by atoms with Crippen LogP contribution in [0.15, 0.2) is 53.4 Å². The minimum atomic E-state index is -3.51. The van der Waals surface area contributed by atoms with Crippen molar-refractivity contribution in [2.75, 3.05) is 26.0 Å². The quantitative estimate of drug-likeness (QED) is 0.766. The van der Waals surface area contributed by atoms with Crippen LogP contribution < -0.4 is 10.1 Å². The Kier molecular flexibility index (Phi) is 6.76. The zero-order chi connectivity index (χ0) is 19.2. The third-order valence-corrected chi connectivity index (χ3v) is 5.87. The fraction of sp³-hybridized carbons (Fsp3) is 0.316. The van der Waals surface area contributed by atoms with Crippen LogP contribution >= 0.6 is 0 Å². The monoisotopic (exact) mass is 376 g/mol. The molecule has 0 spiro atoms. The highest BCUT2D eigenvalue weighted by Crippen LogP contribution is 2.19. The lowest BCUT2D eigenvalue weighted by atomic mass is 10.2. The summed E-state index contributed by atoms with van der Waals surface area (Å²) >= 11 is 0. The number of rotatable bonds is 8. The average molecular weight is 376 g/mol. The van der Waals surface area contributed by atoms with Crippen molar-refractivity contribution in [1.29, 1.82) is 0 Å². The highest BCUT2D eigenvalue weighted by Gasteiger charge is 2.20. The molecule has 0 saturated carbocycles. The number of anilines is 1. The van der Waals surface area contributed by atoms with Gasteiger partial charge in [-0.2, -0.15) is 0 Å². The minimum Gasteiger partial charge on any atom is -0.497 e. The van der Waals surface area contributed by atoms with Crippen LogP contribution in [0.2, 0.25) is 0 Å². The van der Waals surface area contributed by atoms with Crippen LogP contribution in [0.5, 0.6) is 5.75 Å². The van der Waals surface area contributed by atoms with Crippen LogP contribution in [0.4, 0.5) is 5.69 Å². The van der Waals surface area contributed by atoms with Gasteiger partial charge in [0.25, 0.3) is 5.91 Å². The van der Waals surface area contributed by atoms with Gasteiger partial charge in [-0.3, -0.25) is 4.79 Å². The summed E-state index contributed by atoms with van der Waals surface area (Å²) in [7, 11) is -0.376. The molecule has 1 amide bonds. The standard InChI is InChI=1S/C19H24N2O4S/c1-4-5-14-21(2)26(23,24)18-12-8-16(9-13-18)20-19(22)15-6-10-17(25-3)11-7-15/h6-13H,4-5,14H2,1-3H3,(H,20,22). The Hall–Kier alpha value is -2.38. The van der Waals surface area contributed by atoms with E-state index < -0.39 is 10.0 Å². The molecule has 2 rings (SSSR count). The maximum absolute atomic E-state index is 12.5. The van der Waals surface area contributed by atoms with E-state index in [9.17, 15) is 13.2 Å². The second kappa shape index (κ2) is 8.82. The largest absolute Gasteiger partial charge is 0.497 e. The molecular formula is C19H24N2O4S. The minimum absolute atomic E-state index is 0.207. The van der Waals surface area contributed by atoms with Gasteiger partial charge in [0, 0.05) is 24.8 Å². The molecule has 0 atom stereocenters. The number of unbranched alkanes of at least 4 members (excludes halogenated alkanes) is 1. The zero-order valence-corrected chi connectivity index (χ0v) is 16.0. The summed E-state index contributed by atoms with van der Waals surface area (Å²) in [6.07, 6.45) is 1.74. The fourth-order valence-electron chi connectivity index (χ4n) is 2.34. The van der Waals surface area contributed by atoms with Gasteiger partial charge >= 0.3 is 0 Å². The number of nitrogens with zero attached hydrogens (tertiary/aromatic N) is 1. The SMILES string of the molecule is CCCCN(C)S(=O)(=O)c1ccc(NC(=O)c2ccc(OC)cc2)cc1. The third kappa shape index (κ3) is 4.83. The number of benzene rings is 2. The molecule has 26 heavy (non-hydrogen) atoms. The number of nitrogens with one attached hydrogen (secondary N) is 1. The van der Waals surface area contributed by atoms with Crippen molar-refractivity contribution in [3.05, 3.63) is 54.1 Å². The summed E-state index contributed by atoms with van der Waals surface area (Å²) in [4.78, 5) is 12.5. The molecule has 0 aliphatic carbocycles. The van der Waals surface area contributed by atoms with Gasteiger partial charge in [-0.25, -0.2) is 12.7 Å². The summed E-state index contributed by atoms with van der Waals surface area (Å²) in [5.41, 5.74) is 1.02. The smallest absolute Gasteiger partial charge is 0.255 e. The van der Waals surface area contributed by atoms with E-state index in [1.807, 2.05) is 6.92 Å². The second-order valence-corrected chi connectivity index (χ2v) is 7.93. The van der Waals surface area contributed by atoms with E-state index in [2.05, 4.69) is 5.32 Å². The number of hydrogen-bond acceptors (Lipinski definition) is 4. The molecule has 0 aliphatic heterocycles. The van der Waals surface area contributed by atoms with Gasteiger partial charge < -0.3 is 10.1 Å². The van der Waals surface area contributed by atoms with E-state index in [0.29, 0.717) is 23.5 Å². The molecule has 7 heteroatoms. The Labute approximate surface area is 154 Å². The lowest BCUT2D eigenvalue weighted by Gasteiger charge is -2.17. The number of carbonyl (C=O) groups excluding carboxylic acids is 1. The fourth-order valence-corrected chi connectivity index (χ4v) is 3.55. The van der Waals surface area contributed by atoms with E-state index in [1.54, 1.807) is 50.6 Å². The average Bonchev–Trinajstić information content (AvgIpc) is 2.66. The highest BCUT2D eigenvalue weighted by atomic mass is 32.2. The normalized spacial score (nSPS) is 11.4. The predicted octanol–water partition coefficient (Wildman–Crippen LogP) is 3.37. The molecule has 0 bridgehead atoms. The van der Waals surface area contributed by atoms with Crippen molar-refractivity contribution in [2.24, 2.45) is 0 Å². The zero-order valence-electron chi connectivity index (χ0n) is 15.2. The van der Waals surface area contributed by atoms with Gasteiger partial charge in [0.1, 0.15) is 5.75 Å². The summed E-state index contributed by atoms with van der Waals surface area (Å²) in [5, 5.41) is 2.75. The Balaban J connectivity index is 2.07. The molecule has 0 fully saturated rings. The molecule has 2 aromatic carbocycles. The number of ether oxygens (including phenoxy) is 1. The van der Waals surface area contributed by atoms with Crippen molar-refractivity contribution in [3.63, 3.8) is 0 Å². The Morgan fingerprint density at radius 3 is 2.23 bits per heavy atom. The van der Waals surface area contributed by atoms with Crippen molar-refractivity contribution in [2.45, 2.75) is 24.7 Å². The first kappa shape index (κ1) is 19.9. The molecular weight excluding hydrogens is 352 g/mol. The van der Waals surface area contributed by atoms with E-state index in [0.717, 1.165) is 12.8 Å². The number of amides is 1. The number of hydrogen-bond donors (Lipinski definition) is 1. The molecule has 0 radical (unpaired) electrons. The van der Waals surface area contributed by atoms with Crippen LogP contribution in [-0.2, 0) is 10.0 Å². The predicted molar refractivity (Wildman–Crippen MR) is 102 cm³/mol. The van der Waals surface area contributed by atoms with Crippen molar-refractivity contribution in [1.82, 2.24) is 4.31 Å². The van der Waals surface area contributed by atoms with Crippen LogP contribution in [0.1, 0.15) is 30.1 Å². The van der Waals surface area contributed by atoms with Crippen molar-refractivity contribution >= 4 is 21.6 Å². The van der Waals surface area contributed by atoms with E-state index in [1.165, 1.54) is 16.4 Å². The molecule has 0 unspecified atom stereocenters. The van der Waals surface area contributed by atoms with Crippen LogP contribution in [-0.4, -0.2) is 39.3 Å². The molecule has 0 aliphatic rings. The summed E-state index contributed by atoms with van der Waals surface area (Å²) < 4.78 is 31.4. The Morgan fingerprint density at radius 2 is 1.69 bits per heavy atom. The van der Waals surface area contributed by atoms with Crippen LogP contribution in [0.25, 0.3) is 0 Å². The summed E-state index contributed by atoms with van der Waals surface area (Å²) in [5.74, 6) is 0.395. The third-order valence-electron chi connectivity index (χ3n) is 4.00. The Bertz CT molecular complexity index is 831. The first-order valence-electron chi connectivity index (χ1n) is 8.40. The molecule has 2 aromatic rings. The second-order valence-electron chi connectivity index (χ2n) is 5.89. The maximum Gasteiger partial charge on any atom is 0.255 e. The first-order valence-corrected chi connectivity index (χ1v) is 9.84. The number of sulfonamides is 1. The highest BCUT2D eigenvalue weighted by molar-refractivity contribution is 7.89. The molecule has 0 heterocycles. The Morgan fingerprint density at radius 1 is 1.08 bits per heavy atom. The van der Waals surface area contributed by atoms with Gasteiger partial charge in [0.05, 0.1) is 12.0 Å². The van der Waals surface area contributed by atoms with Gasteiger partial charge in [0.2, 0.25) is 10.0 Å². The van der Waals surface area contributed by atoms with Gasteiger partial charge in [-0.05, 0) is 55.0 Å². The topological polar surface area (TPSA) is 75.7 Å². The van der Waals surface area contributed by atoms with Crippen molar-refractivity contribution in [3.8, 4) is 5.75 Å². The summed E-state index contributed by atoms with van der Waals surface area (Å²) in [6.45, 7) is 2.50. The summed E-state index contributed by atoms with van der Waals surface area (Å²) in [6, 6.07) is 12.9. The number of carbonyl (C=O) groups is 1. The van der Waals surface area contributed by atoms with Crippen LogP contribution in [0.3, 0.4) is 0 Å².